The lowest BCUT2D eigenvalue weighted by Crippen LogP contribution is -2.39. The van der Waals surface area contributed by atoms with Crippen LogP contribution in [0.3, 0.4) is 0 Å². The van der Waals surface area contributed by atoms with Crippen LogP contribution in [0.1, 0.15) is 54.1 Å². The molecule has 0 fully saturated rings. The summed E-state index contributed by atoms with van der Waals surface area (Å²) in [5.74, 6) is 1.22. The van der Waals surface area contributed by atoms with E-state index in [4.69, 9.17) is 4.74 Å². The Labute approximate surface area is 148 Å². The minimum atomic E-state index is -0.167. The van der Waals surface area contributed by atoms with Gasteiger partial charge in [-0.25, -0.2) is 9.48 Å². The molecule has 134 valence electrons. The van der Waals surface area contributed by atoms with Crippen LogP contribution >= 0.6 is 0 Å². The number of nitrogens with zero attached hydrogens (tertiary/aromatic N) is 2. The number of fused-ring (bicyclic) bond motifs is 1. The molecule has 2 N–H and O–H groups in total. The Bertz CT molecular complexity index is 769. The van der Waals surface area contributed by atoms with Crippen molar-refractivity contribution < 1.29 is 9.53 Å². The van der Waals surface area contributed by atoms with Gasteiger partial charge >= 0.3 is 6.03 Å². The molecule has 1 aliphatic rings. The highest BCUT2D eigenvalue weighted by molar-refractivity contribution is 5.74. The third-order valence-electron chi connectivity index (χ3n) is 5.00. The fraction of sp³-hybridized carbons (Fsp3) is 0.474. The fourth-order valence-corrected chi connectivity index (χ4v) is 3.67. The predicted molar refractivity (Wildman–Crippen MR) is 96.7 cm³/mol. The van der Waals surface area contributed by atoms with Crippen LogP contribution in [0, 0.1) is 6.92 Å². The van der Waals surface area contributed by atoms with E-state index in [-0.39, 0.29) is 12.1 Å². The van der Waals surface area contributed by atoms with Crippen molar-refractivity contribution >= 4 is 6.03 Å². The number of urea groups is 1. The quantitative estimate of drug-likeness (QED) is 0.897. The Morgan fingerprint density at radius 2 is 2.04 bits per heavy atom. The van der Waals surface area contributed by atoms with E-state index in [1.54, 1.807) is 11.8 Å². The number of benzene rings is 1. The van der Waals surface area contributed by atoms with Crippen LogP contribution < -0.4 is 15.4 Å². The largest absolute Gasteiger partial charge is 0.481 e. The van der Waals surface area contributed by atoms with E-state index >= 15 is 0 Å². The summed E-state index contributed by atoms with van der Waals surface area (Å²) in [7, 11) is 3.44. The van der Waals surface area contributed by atoms with Gasteiger partial charge in [-0.15, -0.1) is 0 Å². The van der Waals surface area contributed by atoms with Crippen LogP contribution in [0.25, 0.3) is 0 Å². The van der Waals surface area contributed by atoms with Crippen molar-refractivity contribution in [2.75, 3.05) is 7.11 Å². The highest BCUT2D eigenvalue weighted by Gasteiger charge is 2.25. The van der Waals surface area contributed by atoms with E-state index in [1.807, 2.05) is 20.0 Å². The first-order valence-corrected chi connectivity index (χ1v) is 8.71. The van der Waals surface area contributed by atoms with E-state index in [9.17, 15) is 4.79 Å². The van der Waals surface area contributed by atoms with Gasteiger partial charge in [-0.05, 0) is 36.8 Å². The number of rotatable bonds is 4. The monoisotopic (exact) mass is 342 g/mol. The van der Waals surface area contributed by atoms with Gasteiger partial charge in [-0.1, -0.05) is 31.2 Å². The molecule has 1 aromatic heterocycles. The van der Waals surface area contributed by atoms with Gasteiger partial charge in [0.25, 0.3) is 0 Å². The van der Waals surface area contributed by atoms with Crippen molar-refractivity contribution in [2.45, 2.75) is 45.2 Å². The molecule has 0 spiro atoms. The lowest BCUT2D eigenvalue weighted by atomic mass is 9.81. The average Bonchev–Trinajstić information content (AvgIpc) is 2.88. The smallest absolute Gasteiger partial charge is 0.315 e. The number of aromatic nitrogens is 2. The summed E-state index contributed by atoms with van der Waals surface area (Å²) < 4.78 is 7.05. The van der Waals surface area contributed by atoms with Crippen molar-refractivity contribution in [3.63, 3.8) is 0 Å². The molecule has 0 bridgehead atoms. The molecule has 0 unspecified atom stereocenters. The van der Waals surface area contributed by atoms with Crippen LogP contribution in [-0.2, 0) is 13.6 Å². The first-order chi connectivity index (χ1) is 12.0. The Kier molecular flexibility index (Phi) is 4.97. The van der Waals surface area contributed by atoms with Crippen molar-refractivity contribution in [3.05, 3.63) is 46.6 Å². The molecular formula is C19H26N4O2. The minimum absolute atomic E-state index is 0.0595. The number of amides is 2. The molecule has 1 heterocycles. The first-order valence-electron chi connectivity index (χ1n) is 8.71. The summed E-state index contributed by atoms with van der Waals surface area (Å²) in [6.45, 7) is 4.54. The maximum Gasteiger partial charge on any atom is 0.315 e. The van der Waals surface area contributed by atoms with Crippen LogP contribution in [0.15, 0.2) is 24.3 Å². The molecule has 0 aliphatic heterocycles. The summed E-state index contributed by atoms with van der Waals surface area (Å²) in [6.07, 6.45) is 2.04. The van der Waals surface area contributed by atoms with Crippen molar-refractivity contribution in [1.82, 2.24) is 20.4 Å². The maximum atomic E-state index is 12.4. The van der Waals surface area contributed by atoms with Gasteiger partial charge in [-0.2, -0.15) is 5.10 Å². The molecule has 2 aromatic rings. The second-order valence-corrected chi connectivity index (χ2v) is 6.68. The van der Waals surface area contributed by atoms with Crippen LogP contribution in [0.4, 0.5) is 4.79 Å². The van der Waals surface area contributed by atoms with Crippen molar-refractivity contribution in [2.24, 2.45) is 7.05 Å². The van der Waals surface area contributed by atoms with Crippen LogP contribution in [0.5, 0.6) is 5.88 Å². The van der Waals surface area contributed by atoms with Gasteiger partial charge in [0.1, 0.15) is 0 Å². The van der Waals surface area contributed by atoms with Gasteiger partial charge in [-0.3, -0.25) is 0 Å². The highest BCUT2D eigenvalue weighted by Crippen LogP contribution is 2.36. The number of carbonyl (C=O) groups excluding carboxylic acids is 1. The average molecular weight is 342 g/mol. The topological polar surface area (TPSA) is 68.2 Å². The third kappa shape index (κ3) is 3.48. The Morgan fingerprint density at radius 1 is 1.32 bits per heavy atom. The standard InChI is InChI=1S/C19H26N4O2/c1-12-9-10-17(15-8-6-5-7-14(12)15)21-19(24)20-11-16-13(2)22-23(3)18(16)25-4/h5-8,12,17H,9-11H2,1-4H3,(H2,20,21,24)/t12-,17-/m0/s1. The van der Waals surface area contributed by atoms with Crippen LogP contribution in [0.2, 0.25) is 0 Å². The molecule has 0 radical (unpaired) electrons. The molecule has 2 atom stereocenters. The number of aryl methyl sites for hydroxylation is 2. The number of carbonyl (C=O) groups is 1. The maximum absolute atomic E-state index is 12.4. The van der Waals surface area contributed by atoms with E-state index in [2.05, 4.69) is 40.9 Å². The van der Waals surface area contributed by atoms with Crippen molar-refractivity contribution in [3.8, 4) is 5.88 Å². The Balaban J connectivity index is 1.65. The molecule has 25 heavy (non-hydrogen) atoms. The second kappa shape index (κ2) is 7.17. The highest BCUT2D eigenvalue weighted by atomic mass is 16.5. The summed E-state index contributed by atoms with van der Waals surface area (Å²) in [6, 6.07) is 8.27. The number of methoxy groups -OCH3 is 1. The molecule has 0 saturated carbocycles. The fourth-order valence-electron chi connectivity index (χ4n) is 3.67. The van der Waals surface area contributed by atoms with Gasteiger partial charge in [0.05, 0.1) is 31.0 Å². The number of ether oxygens (including phenoxy) is 1. The lowest BCUT2D eigenvalue weighted by molar-refractivity contribution is 0.234. The van der Waals surface area contributed by atoms with Crippen molar-refractivity contribution in [1.29, 1.82) is 0 Å². The van der Waals surface area contributed by atoms with E-state index in [0.717, 1.165) is 24.1 Å². The third-order valence-corrected chi connectivity index (χ3v) is 5.00. The molecule has 2 amide bonds. The number of hydrogen-bond acceptors (Lipinski definition) is 3. The molecule has 6 nitrogen and oxygen atoms in total. The Hall–Kier alpha value is -2.50. The summed E-state index contributed by atoms with van der Waals surface area (Å²) >= 11 is 0. The molecule has 1 aliphatic carbocycles. The van der Waals surface area contributed by atoms with E-state index in [1.165, 1.54) is 11.1 Å². The molecule has 3 rings (SSSR count). The lowest BCUT2D eigenvalue weighted by Gasteiger charge is -2.30. The predicted octanol–water partition coefficient (Wildman–Crippen LogP) is 3.17. The van der Waals surface area contributed by atoms with Gasteiger partial charge in [0, 0.05) is 7.05 Å². The van der Waals surface area contributed by atoms with Gasteiger partial charge in [0.15, 0.2) is 0 Å². The molecular weight excluding hydrogens is 316 g/mol. The van der Waals surface area contributed by atoms with E-state index < -0.39 is 0 Å². The minimum Gasteiger partial charge on any atom is -0.481 e. The SMILES string of the molecule is COc1c(CNC(=O)N[C@H]2CC[C@H](C)c3ccccc32)c(C)nn1C. The first kappa shape index (κ1) is 17.3. The zero-order chi connectivity index (χ0) is 18.0. The molecule has 0 saturated heterocycles. The van der Waals surface area contributed by atoms with Gasteiger partial charge in [0.2, 0.25) is 5.88 Å². The van der Waals surface area contributed by atoms with Gasteiger partial charge < -0.3 is 15.4 Å². The zero-order valence-corrected chi connectivity index (χ0v) is 15.3. The number of hydrogen-bond donors (Lipinski definition) is 2. The second-order valence-electron chi connectivity index (χ2n) is 6.68. The summed E-state index contributed by atoms with van der Waals surface area (Å²) in [5.41, 5.74) is 4.32. The number of nitrogens with one attached hydrogen (secondary N) is 2. The molecule has 6 heteroatoms. The van der Waals surface area contributed by atoms with Crippen LogP contribution in [-0.4, -0.2) is 22.9 Å². The van der Waals surface area contributed by atoms with E-state index in [0.29, 0.717) is 18.3 Å². The zero-order valence-electron chi connectivity index (χ0n) is 15.3. The molecule has 1 aromatic carbocycles. The normalized spacial score (nSPS) is 19.2. The summed E-state index contributed by atoms with van der Waals surface area (Å²) in [4.78, 5) is 12.4. The Morgan fingerprint density at radius 3 is 2.76 bits per heavy atom. The summed E-state index contributed by atoms with van der Waals surface area (Å²) in [5, 5.41) is 10.4.